The molecule has 0 amide bonds. The molecule has 0 radical (unpaired) electrons. The van der Waals surface area contributed by atoms with Crippen LogP contribution in [0.2, 0.25) is 0 Å². The molecule has 2 heteroatoms. The highest BCUT2D eigenvalue weighted by molar-refractivity contribution is 6.19. The number of anilines is 3. The van der Waals surface area contributed by atoms with Crippen molar-refractivity contribution in [3.63, 3.8) is 0 Å². The molecule has 0 saturated carbocycles. The van der Waals surface area contributed by atoms with E-state index in [4.69, 9.17) is 4.42 Å². The molecule has 52 heavy (non-hydrogen) atoms. The van der Waals surface area contributed by atoms with Gasteiger partial charge < -0.3 is 9.32 Å². The molecule has 0 aliphatic heterocycles. The lowest BCUT2D eigenvalue weighted by atomic mass is 9.94. The Morgan fingerprint density at radius 1 is 0.308 bits per heavy atom. The first-order chi connectivity index (χ1) is 25.8. The van der Waals surface area contributed by atoms with Crippen LogP contribution in [0.3, 0.4) is 0 Å². The van der Waals surface area contributed by atoms with Gasteiger partial charge in [0.1, 0.15) is 11.2 Å². The van der Waals surface area contributed by atoms with E-state index in [1.54, 1.807) is 0 Å². The third kappa shape index (κ3) is 5.21. The van der Waals surface area contributed by atoms with Gasteiger partial charge >= 0.3 is 0 Å². The van der Waals surface area contributed by atoms with E-state index in [-0.39, 0.29) is 0 Å². The second-order valence-electron chi connectivity index (χ2n) is 13.4. The summed E-state index contributed by atoms with van der Waals surface area (Å²) in [5.41, 5.74) is 12.1. The lowest BCUT2D eigenvalue weighted by Crippen LogP contribution is -2.09. The average Bonchev–Trinajstić information content (AvgIpc) is 3.58. The molecule has 2 nitrogen and oxygen atoms in total. The molecule has 0 aliphatic rings. The molecule has 244 valence electrons. The molecule has 0 bridgehead atoms. The lowest BCUT2D eigenvalue weighted by molar-refractivity contribution is 0.670. The van der Waals surface area contributed by atoms with Gasteiger partial charge in [0.25, 0.3) is 0 Å². The normalized spacial score (nSPS) is 11.5. The highest BCUT2D eigenvalue weighted by Gasteiger charge is 2.20. The lowest BCUT2D eigenvalue weighted by Gasteiger charge is -2.26. The molecule has 10 rings (SSSR count). The Kier molecular flexibility index (Phi) is 7.18. The number of benzene rings is 9. The van der Waals surface area contributed by atoms with Gasteiger partial charge in [0, 0.05) is 33.4 Å². The predicted octanol–water partition coefficient (Wildman–Crippen LogP) is 14.4. The zero-order valence-electron chi connectivity index (χ0n) is 28.4. The third-order valence-corrected chi connectivity index (χ3v) is 10.2. The monoisotopic (exact) mass is 663 g/mol. The zero-order chi connectivity index (χ0) is 34.4. The maximum Gasteiger partial charge on any atom is 0.143 e. The molecule has 9 aromatic carbocycles. The fourth-order valence-electron chi connectivity index (χ4n) is 7.64. The molecule has 0 fully saturated rings. The number of fused-ring (bicyclic) bond motifs is 5. The Hall–Kier alpha value is -6.90. The van der Waals surface area contributed by atoms with E-state index in [0.717, 1.165) is 50.1 Å². The van der Waals surface area contributed by atoms with Gasteiger partial charge in [-0.15, -0.1) is 0 Å². The summed E-state index contributed by atoms with van der Waals surface area (Å²) < 4.78 is 6.81. The smallest absolute Gasteiger partial charge is 0.143 e. The Morgan fingerprint density at radius 3 is 1.54 bits per heavy atom. The summed E-state index contributed by atoms with van der Waals surface area (Å²) in [5.74, 6) is 0. The Labute approximate surface area is 302 Å². The molecule has 10 aromatic rings. The Balaban J connectivity index is 1.15. The van der Waals surface area contributed by atoms with Crippen molar-refractivity contribution in [1.82, 2.24) is 0 Å². The van der Waals surface area contributed by atoms with Gasteiger partial charge in [-0.1, -0.05) is 152 Å². The second kappa shape index (κ2) is 12.5. The first kappa shape index (κ1) is 30.0. The zero-order valence-corrected chi connectivity index (χ0v) is 28.4. The summed E-state index contributed by atoms with van der Waals surface area (Å²) in [6.45, 7) is 0. The third-order valence-electron chi connectivity index (χ3n) is 10.2. The van der Waals surface area contributed by atoms with Gasteiger partial charge in [-0.3, -0.25) is 0 Å². The van der Waals surface area contributed by atoms with E-state index in [9.17, 15) is 0 Å². The minimum atomic E-state index is 0.870. The first-order valence-corrected chi connectivity index (χ1v) is 17.8. The van der Waals surface area contributed by atoms with Crippen molar-refractivity contribution in [2.45, 2.75) is 0 Å². The number of furan rings is 1. The Morgan fingerprint density at radius 2 is 0.827 bits per heavy atom. The molecule has 1 heterocycles. The van der Waals surface area contributed by atoms with Crippen molar-refractivity contribution >= 4 is 60.5 Å². The molecule has 0 unspecified atom stereocenters. The standard InChI is InChI=1S/C50H33NO/c1-3-11-34(12-4-1)37-19-21-39(22-20-37)49-45-18-10-9-17-41(45)32-47-46-33-44(29-30-48(46)52-50(47)49)51(43-28-25-36-15-7-8-16-40(36)31-43)42-26-23-38(24-27-42)35-13-5-2-6-14-35/h1-33H. The molecule has 0 N–H and O–H groups in total. The fraction of sp³-hybridized carbons (Fsp3) is 0. The van der Waals surface area contributed by atoms with Crippen LogP contribution in [-0.4, -0.2) is 0 Å². The van der Waals surface area contributed by atoms with E-state index in [1.165, 1.54) is 43.8 Å². The van der Waals surface area contributed by atoms with Crippen molar-refractivity contribution in [2.24, 2.45) is 0 Å². The number of hydrogen-bond donors (Lipinski definition) is 0. The van der Waals surface area contributed by atoms with E-state index >= 15 is 0 Å². The van der Waals surface area contributed by atoms with Crippen molar-refractivity contribution < 1.29 is 4.42 Å². The summed E-state index contributed by atoms with van der Waals surface area (Å²) in [7, 11) is 0. The van der Waals surface area contributed by atoms with Crippen molar-refractivity contribution in [1.29, 1.82) is 0 Å². The van der Waals surface area contributed by atoms with Crippen LogP contribution in [0.5, 0.6) is 0 Å². The van der Waals surface area contributed by atoms with Crippen LogP contribution in [0, 0.1) is 0 Å². The van der Waals surface area contributed by atoms with E-state index in [0.29, 0.717) is 0 Å². The van der Waals surface area contributed by atoms with Gasteiger partial charge in [-0.2, -0.15) is 0 Å². The largest absolute Gasteiger partial charge is 0.455 e. The summed E-state index contributed by atoms with van der Waals surface area (Å²) in [6, 6.07) is 71.6. The minimum Gasteiger partial charge on any atom is -0.455 e. The average molecular weight is 664 g/mol. The summed E-state index contributed by atoms with van der Waals surface area (Å²) >= 11 is 0. The summed E-state index contributed by atoms with van der Waals surface area (Å²) in [4.78, 5) is 2.35. The SMILES string of the molecule is c1ccc(-c2ccc(-c3c4ccccc4cc4c3oc3ccc(N(c5ccc(-c6ccccc6)cc5)c5ccc6ccccc6c5)cc34)cc2)cc1. The summed E-state index contributed by atoms with van der Waals surface area (Å²) in [6.07, 6.45) is 0. The van der Waals surface area contributed by atoms with Crippen LogP contribution in [0.1, 0.15) is 0 Å². The quantitative estimate of drug-likeness (QED) is 0.176. The van der Waals surface area contributed by atoms with Gasteiger partial charge in [0.05, 0.1) is 0 Å². The van der Waals surface area contributed by atoms with Crippen LogP contribution < -0.4 is 4.90 Å². The minimum absolute atomic E-state index is 0.870. The maximum absolute atomic E-state index is 6.81. The van der Waals surface area contributed by atoms with Crippen LogP contribution in [0.4, 0.5) is 17.1 Å². The van der Waals surface area contributed by atoms with Gasteiger partial charge in [0.2, 0.25) is 0 Å². The van der Waals surface area contributed by atoms with E-state index in [1.807, 2.05) is 0 Å². The van der Waals surface area contributed by atoms with Crippen molar-refractivity contribution in [3.8, 4) is 33.4 Å². The molecular formula is C50H33NO. The van der Waals surface area contributed by atoms with Gasteiger partial charge in [-0.05, 0) is 97.9 Å². The fourth-order valence-corrected chi connectivity index (χ4v) is 7.64. The Bertz CT molecular complexity index is 2870. The van der Waals surface area contributed by atoms with Gasteiger partial charge in [-0.25, -0.2) is 0 Å². The number of nitrogens with zero attached hydrogens (tertiary/aromatic N) is 1. The predicted molar refractivity (Wildman–Crippen MR) is 220 cm³/mol. The van der Waals surface area contributed by atoms with Crippen molar-refractivity contribution in [2.75, 3.05) is 4.90 Å². The van der Waals surface area contributed by atoms with E-state index in [2.05, 4.69) is 205 Å². The number of rotatable bonds is 6. The number of hydrogen-bond acceptors (Lipinski definition) is 2. The van der Waals surface area contributed by atoms with E-state index < -0.39 is 0 Å². The summed E-state index contributed by atoms with van der Waals surface area (Å²) in [5, 5.41) is 6.99. The van der Waals surface area contributed by atoms with Crippen LogP contribution in [0.15, 0.2) is 205 Å². The van der Waals surface area contributed by atoms with Crippen LogP contribution in [-0.2, 0) is 0 Å². The van der Waals surface area contributed by atoms with Crippen LogP contribution >= 0.6 is 0 Å². The topological polar surface area (TPSA) is 16.4 Å². The highest BCUT2D eigenvalue weighted by Crippen LogP contribution is 2.44. The molecular weight excluding hydrogens is 631 g/mol. The second-order valence-corrected chi connectivity index (χ2v) is 13.4. The maximum atomic E-state index is 6.81. The highest BCUT2D eigenvalue weighted by atomic mass is 16.3. The van der Waals surface area contributed by atoms with Crippen LogP contribution in [0.25, 0.3) is 76.9 Å². The van der Waals surface area contributed by atoms with Gasteiger partial charge in [0.15, 0.2) is 0 Å². The van der Waals surface area contributed by atoms with Crippen molar-refractivity contribution in [3.05, 3.63) is 200 Å². The first-order valence-electron chi connectivity index (χ1n) is 17.8. The molecule has 0 atom stereocenters. The molecule has 0 spiro atoms. The molecule has 1 aromatic heterocycles. The molecule has 0 saturated heterocycles. The molecule has 0 aliphatic carbocycles.